The number of methoxy groups -OCH3 is 1. The van der Waals surface area contributed by atoms with Gasteiger partial charge >= 0.3 is 0 Å². The van der Waals surface area contributed by atoms with Gasteiger partial charge in [0.25, 0.3) is 0 Å². The molecule has 0 saturated heterocycles. The Hall–Kier alpha value is -1.23. The summed E-state index contributed by atoms with van der Waals surface area (Å²) >= 11 is 7.63. The molecule has 0 aliphatic carbocycles. The van der Waals surface area contributed by atoms with E-state index in [4.69, 9.17) is 16.3 Å². The first-order chi connectivity index (χ1) is 10.1. The lowest BCUT2D eigenvalue weighted by molar-refractivity contribution is 0.404. The maximum Gasteiger partial charge on any atom is 0.125 e. The third-order valence-corrected chi connectivity index (χ3v) is 4.78. The summed E-state index contributed by atoms with van der Waals surface area (Å²) in [5, 5.41) is 3.29. The van der Waals surface area contributed by atoms with Crippen molar-refractivity contribution in [2.45, 2.75) is 19.5 Å². The molecule has 0 aliphatic heterocycles. The van der Waals surface area contributed by atoms with Crippen molar-refractivity contribution < 1.29 is 4.74 Å². The fraction of sp³-hybridized carbons (Fsp3) is 0.375. The van der Waals surface area contributed by atoms with E-state index in [-0.39, 0.29) is 6.04 Å². The number of rotatable bonds is 6. The zero-order chi connectivity index (χ0) is 15.4. The average molecular weight is 325 g/mol. The molecule has 0 radical (unpaired) electrons. The van der Waals surface area contributed by atoms with Gasteiger partial charge in [-0.2, -0.15) is 0 Å². The van der Waals surface area contributed by atoms with E-state index in [1.54, 1.807) is 18.4 Å². The van der Waals surface area contributed by atoms with Crippen LogP contribution in [0.3, 0.4) is 0 Å². The van der Waals surface area contributed by atoms with Crippen LogP contribution in [0, 0.1) is 0 Å². The van der Waals surface area contributed by atoms with Crippen molar-refractivity contribution in [3.63, 3.8) is 0 Å². The minimum absolute atomic E-state index is 0.213. The molecule has 1 aromatic heterocycles. The van der Waals surface area contributed by atoms with Crippen molar-refractivity contribution in [3.8, 4) is 5.75 Å². The Kier molecular flexibility index (Phi) is 5.51. The Labute approximate surface area is 135 Å². The third kappa shape index (κ3) is 3.70. The largest absolute Gasteiger partial charge is 0.496 e. The molecule has 21 heavy (non-hydrogen) atoms. The molecule has 0 fully saturated rings. The first-order valence-electron chi connectivity index (χ1n) is 6.86. The lowest BCUT2D eigenvalue weighted by Crippen LogP contribution is -2.21. The van der Waals surface area contributed by atoms with Crippen molar-refractivity contribution in [3.05, 3.63) is 45.1 Å². The van der Waals surface area contributed by atoms with Crippen LogP contribution in [-0.2, 0) is 6.54 Å². The molecular formula is C16H21ClN2OS. The van der Waals surface area contributed by atoms with Crippen LogP contribution >= 0.6 is 22.9 Å². The maximum absolute atomic E-state index is 6.01. The number of hydrogen-bond acceptors (Lipinski definition) is 4. The van der Waals surface area contributed by atoms with Gasteiger partial charge < -0.3 is 15.0 Å². The van der Waals surface area contributed by atoms with Gasteiger partial charge in [-0.3, -0.25) is 0 Å². The molecule has 1 N–H and O–H groups in total. The molecule has 0 aliphatic rings. The van der Waals surface area contributed by atoms with Crippen LogP contribution in [0.15, 0.2) is 30.3 Å². The predicted octanol–water partition coefficient (Wildman–Crippen LogP) is 4.33. The maximum atomic E-state index is 6.01. The first-order valence-corrected chi connectivity index (χ1v) is 8.05. The molecule has 0 saturated carbocycles. The molecule has 3 nitrogen and oxygen atoms in total. The molecule has 2 aromatic rings. The topological polar surface area (TPSA) is 24.5 Å². The van der Waals surface area contributed by atoms with E-state index in [2.05, 4.69) is 36.3 Å². The molecule has 0 bridgehead atoms. The molecule has 114 valence electrons. The van der Waals surface area contributed by atoms with E-state index in [0.29, 0.717) is 0 Å². The van der Waals surface area contributed by atoms with Crippen LogP contribution in [0.4, 0.5) is 5.69 Å². The minimum Gasteiger partial charge on any atom is -0.496 e. The van der Waals surface area contributed by atoms with E-state index < -0.39 is 0 Å². The van der Waals surface area contributed by atoms with Crippen molar-refractivity contribution in [2.75, 3.05) is 26.1 Å². The molecule has 1 unspecified atom stereocenters. The van der Waals surface area contributed by atoms with Gasteiger partial charge in [0.2, 0.25) is 0 Å². The Morgan fingerprint density at radius 2 is 2.10 bits per heavy atom. The number of ether oxygens (including phenoxy) is 1. The molecule has 1 heterocycles. The zero-order valence-electron chi connectivity index (χ0n) is 12.8. The van der Waals surface area contributed by atoms with Crippen molar-refractivity contribution >= 4 is 28.6 Å². The quantitative estimate of drug-likeness (QED) is 0.856. The van der Waals surface area contributed by atoms with Gasteiger partial charge in [0.05, 0.1) is 18.0 Å². The number of benzene rings is 1. The number of thiophene rings is 1. The van der Waals surface area contributed by atoms with Crippen LogP contribution in [0.1, 0.15) is 23.4 Å². The fourth-order valence-corrected chi connectivity index (χ4v) is 3.52. The van der Waals surface area contributed by atoms with Crippen LogP contribution in [0.5, 0.6) is 5.75 Å². The number of nitrogens with zero attached hydrogens (tertiary/aromatic N) is 1. The van der Waals surface area contributed by atoms with E-state index in [9.17, 15) is 0 Å². The number of anilines is 1. The highest BCUT2D eigenvalue weighted by Crippen LogP contribution is 2.35. The van der Waals surface area contributed by atoms with Gasteiger partial charge in [-0.05, 0) is 38.2 Å². The minimum atomic E-state index is 0.213. The summed E-state index contributed by atoms with van der Waals surface area (Å²) in [5.74, 6) is 0.908. The molecule has 5 heteroatoms. The van der Waals surface area contributed by atoms with Crippen molar-refractivity contribution in [1.82, 2.24) is 5.32 Å². The normalized spacial score (nSPS) is 12.2. The van der Waals surface area contributed by atoms with E-state index in [1.165, 1.54) is 16.1 Å². The summed E-state index contributed by atoms with van der Waals surface area (Å²) in [4.78, 5) is 3.47. The Morgan fingerprint density at radius 1 is 1.33 bits per heavy atom. The third-order valence-electron chi connectivity index (χ3n) is 3.56. The summed E-state index contributed by atoms with van der Waals surface area (Å²) in [7, 11) is 5.76. The zero-order valence-corrected chi connectivity index (χ0v) is 14.4. The van der Waals surface area contributed by atoms with Crippen LogP contribution in [0.2, 0.25) is 4.34 Å². The Morgan fingerprint density at radius 3 is 2.67 bits per heavy atom. The molecular weight excluding hydrogens is 304 g/mol. The molecule has 1 atom stereocenters. The van der Waals surface area contributed by atoms with E-state index >= 15 is 0 Å². The molecule has 0 amide bonds. The van der Waals surface area contributed by atoms with Gasteiger partial charge in [0.15, 0.2) is 0 Å². The van der Waals surface area contributed by atoms with E-state index in [0.717, 1.165) is 16.6 Å². The summed E-state index contributed by atoms with van der Waals surface area (Å²) in [5.41, 5.74) is 2.34. The lowest BCUT2D eigenvalue weighted by Gasteiger charge is -2.26. The SMILES string of the molecule is CNC(C)c1c(OC)cccc1N(C)Cc1ccc(Cl)s1. The van der Waals surface area contributed by atoms with Gasteiger partial charge in [0.1, 0.15) is 5.75 Å². The van der Waals surface area contributed by atoms with Gasteiger partial charge in [-0.1, -0.05) is 17.7 Å². The number of halogens is 1. The first kappa shape index (κ1) is 16.1. The highest BCUT2D eigenvalue weighted by Gasteiger charge is 2.17. The van der Waals surface area contributed by atoms with Gasteiger partial charge in [0, 0.05) is 29.2 Å². The second-order valence-electron chi connectivity index (χ2n) is 4.97. The fourth-order valence-electron chi connectivity index (χ4n) is 2.38. The Bertz CT molecular complexity index is 600. The highest BCUT2D eigenvalue weighted by atomic mass is 35.5. The number of hydrogen-bond donors (Lipinski definition) is 1. The number of nitrogens with one attached hydrogen (secondary N) is 1. The standard InChI is InChI=1S/C16H21ClN2OS/c1-11(18-2)16-13(6-5-7-14(16)20-4)19(3)10-12-8-9-15(17)21-12/h5-9,11,18H,10H2,1-4H3. The van der Waals surface area contributed by atoms with Crippen LogP contribution < -0.4 is 15.0 Å². The summed E-state index contributed by atoms with van der Waals surface area (Å²) in [6.07, 6.45) is 0. The van der Waals surface area contributed by atoms with Crippen LogP contribution in [-0.4, -0.2) is 21.2 Å². The van der Waals surface area contributed by atoms with Crippen molar-refractivity contribution in [1.29, 1.82) is 0 Å². The summed E-state index contributed by atoms with van der Waals surface area (Å²) in [6, 6.07) is 10.4. The predicted molar refractivity (Wildman–Crippen MR) is 91.9 cm³/mol. The monoisotopic (exact) mass is 324 g/mol. The van der Waals surface area contributed by atoms with Gasteiger partial charge in [-0.25, -0.2) is 0 Å². The van der Waals surface area contributed by atoms with E-state index in [1.807, 2.05) is 25.2 Å². The van der Waals surface area contributed by atoms with Gasteiger partial charge in [-0.15, -0.1) is 11.3 Å². The van der Waals surface area contributed by atoms with Crippen LogP contribution in [0.25, 0.3) is 0 Å². The smallest absolute Gasteiger partial charge is 0.125 e. The van der Waals surface area contributed by atoms with Crippen molar-refractivity contribution in [2.24, 2.45) is 0 Å². The molecule has 1 aromatic carbocycles. The highest BCUT2D eigenvalue weighted by molar-refractivity contribution is 7.16. The average Bonchev–Trinajstić information content (AvgIpc) is 2.90. The second kappa shape index (κ2) is 7.16. The molecule has 0 spiro atoms. The second-order valence-corrected chi connectivity index (χ2v) is 6.76. The lowest BCUT2D eigenvalue weighted by atomic mass is 10.0. The molecule has 2 rings (SSSR count). The summed E-state index contributed by atoms with van der Waals surface area (Å²) < 4.78 is 6.35. The Balaban J connectivity index is 2.33. The summed E-state index contributed by atoms with van der Waals surface area (Å²) in [6.45, 7) is 2.96.